The molecule has 1 aromatic rings. The third kappa shape index (κ3) is 3.15. The van der Waals surface area contributed by atoms with E-state index in [2.05, 4.69) is 20.7 Å². The van der Waals surface area contributed by atoms with Crippen LogP contribution in [0.4, 0.5) is 5.69 Å². The summed E-state index contributed by atoms with van der Waals surface area (Å²) >= 11 is 8.93. The Morgan fingerprint density at radius 3 is 2.64 bits per heavy atom. The van der Waals surface area contributed by atoms with Crippen LogP contribution in [0.15, 0.2) is 22.7 Å². The molecule has 0 aliphatic carbocycles. The van der Waals surface area contributed by atoms with E-state index in [0.717, 1.165) is 0 Å². The summed E-state index contributed by atoms with van der Waals surface area (Å²) < 4.78 is 25.5. The van der Waals surface area contributed by atoms with Gasteiger partial charge in [-0.2, -0.15) is 0 Å². The fraction of sp³-hybridized carbons (Fsp3) is 0.250. The Morgan fingerprint density at radius 2 is 2.14 bits per heavy atom. The first-order valence-electron chi connectivity index (χ1n) is 3.90. The Kier molecular flexibility index (Phi) is 3.80. The fourth-order valence-electron chi connectivity index (χ4n) is 0.812. The predicted molar refractivity (Wildman–Crippen MR) is 62.2 cm³/mol. The minimum atomic E-state index is -3.23. The predicted octanol–water partition coefficient (Wildman–Crippen LogP) is 2.86. The summed E-state index contributed by atoms with van der Waals surface area (Å²) in [5.74, 6) is 0.0437. The highest BCUT2D eigenvalue weighted by atomic mass is 79.9. The molecule has 1 aromatic carbocycles. The van der Waals surface area contributed by atoms with E-state index in [4.69, 9.17) is 11.6 Å². The second kappa shape index (κ2) is 4.51. The number of sulfonamides is 1. The molecule has 0 heterocycles. The monoisotopic (exact) mass is 297 g/mol. The van der Waals surface area contributed by atoms with Crippen LogP contribution in [-0.2, 0) is 10.0 Å². The lowest BCUT2D eigenvalue weighted by Crippen LogP contribution is -2.14. The Hall–Kier alpha value is -0.260. The largest absolute Gasteiger partial charge is 0.282 e. The van der Waals surface area contributed by atoms with Crippen molar-refractivity contribution in [1.29, 1.82) is 0 Å². The van der Waals surface area contributed by atoms with Crippen molar-refractivity contribution in [3.8, 4) is 0 Å². The van der Waals surface area contributed by atoms with E-state index in [1.807, 2.05) is 0 Å². The van der Waals surface area contributed by atoms with Gasteiger partial charge in [-0.25, -0.2) is 8.42 Å². The highest BCUT2D eigenvalue weighted by molar-refractivity contribution is 9.10. The van der Waals surface area contributed by atoms with Crippen molar-refractivity contribution in [2.45, 2.75) is 6.92 Å². The Morgan fingerprint density at radius 1 is 1.50 bits per heavy atom. The van der Waals surface area contributed by atoms with Crippen LogP contribution in [0.1, 0.15) is 6.92 Å². The first-order chi connectivity index (χ1) is 6.44. The van der Waals surface area contributed by atoms with Gasteiger partial charge in [-0.15, -0.1) is 0 Å². The lowest BCUT2D eigenvalue weighted by molar-refractivity contribution is 0.602. The average Bonchev–Trinajstić information content (AvgIpc) is 2.10. The maximum atomic E-state index is 11.2. The SMILES string of the molecule is CCS(=O)(=O)Nc1ccc(Cl)cc1Br. The van der Waals surface area contributed by atoms with Crippen LogP contribution >= 0.6 is 27.5 Å². The standard InChI is InChI=1S/C8H9BrClNO2S/c1-2-14(12,13)11-8-4-3-6(10)5-7(8)9/h3-5,11H,2H2,1H3. The van der Waals surface area contributed by atoms with Gasteiger partial charge in [-0.05, 0) is 41.1 Å². The lowest BCUT2D eigenvalue weighted by Gasteiger charge is -2.07. The van der Waals surface area contributed by atoms with Crippen LogP contribution in [0.5, 0.6) is 0 Å². The van der Waals surface area contributed by atoms with Crippen molar-refractivity contribution in [3.05, 3.63) is 27.7 Å². The van der Waals surface area contributed by atoms with Gasteiger partial charge in [0.25, 0.3) is 0 Å². The number of hydrogen-bond donors (Lipinski definition) is 1. The summed E-state index contributed by atoms with van der Waals surface area (Å²) in [6, 6.07) is 4.87. The third-order valence-electron chi connectivity index (χ3n) is 1.58. The molecule has 1 rings (SSSR count). The summed E-state index contributed by atoms with van der Waals surface area (Å²) in [4.78, 5) is 0. The zero-order valence-electron chi connectivity index (χ0n) is 7.42. The Bertz CT molecular complexity index is 433. The van der Waals surface area contributed by atoms with E-state index in [1.165, 1.54) is 0 Å². The van der Waals surface area contributed by atoms with Crippen LogP contribution in [0.2, 0.25) is 5.02 Å². The molecule has 0 saturated carbocycles. The molecule has 0 spiro atoms. The first-order valence-corrected chi connectivity index (χ1v) is 6.72. The minimum Gasteiger partial charge on any atom is -0.282 e. The summed E-state index contributed by atoms with van der Waals surface area (Å²) in [6.07, 6.45) is 0. The van der Waals surface area contributed by atoms with Crippen LogP contribution in [-0.4, -0.2) is 14.2 Å². The molecule has 3 nitrogen and oxygen atoms in total. The average molecular weight is 299 g/mol. The molecule has 6 heteroatoms. The summed E-state index contributed by atoms with van der Waals surface area (Å²) in [5.41, 5.74) is 0.497. The van der Waals surface area contributed by atoms with Gasteiger partial charge in [0.1, 0.15) is 0 Å². The summed E-state index contributed by atoms with van der Waals surface area (Å²) in [7, 11) is -3.23. The van der Waals surface area contributed by atoms with Gasteiger partial charge >= 0.3 is 0 Å². The van der Waals surface area contributed by atoms with Gasteiger partial charge in [-0.1, -0.05) is 11.6 Å². The van der Waals surface area contributed by atoms with Crippen molar-refractivity contribution in [2.24, 2.45) is 0 Å². The number of halogens is 2. The van der Waals surface area contributed by atoms with Gasteiger partial charge in [0.05, 0.1) is 11.4 Å². The highest BCUT2D eigenvalue weighted by Crippen LogP contribution is 2.26. The topological polar surface area (TPSA) is 46.2 Å². The molecular formula is C8H9BrClNO2S. The maximum absolute atomic E-state index is 11.2. The molecule has 0 bridgehead atoms. The molecule has 0 amide bonds. The van der Waals surface area contributed by atoms with Crippen LogP contribution in [0.25, 0.3) is 0 Å². The summed E-state index contributed by atoms with van der Waals surface area (Å²) in [5, 5.41) is 0.552. The smallest absolute Gasteiger partial charge is 0.232 e. The normalized spacial score (nSPS) is 11.4. The molecule has 78 valence electrons. The van der Waals surface area contributed by atoms with Crippen molar-refractivity contribution in [3.63, 3.8) is 0 Å². The van der Waals surface area contributed by atoms with E-state index >= 15 is 0 Å². The Balaban J connectivity index is 2.99. The van der Waals surface area contributed by atoms with Crippen LogP contribution < -0.4 is 4.72 Å². The summed E-state index contributed by atoms with van der Waals surface area (Å²) in [6.45, 7) is 1.58. The van der Waals surface area contributed by atoms with Crippen molar-refractivity contribution in [2.75, 3.05) is 10.5 Å². The van der Waals surface area contributed by atoms with Gasteiger partial charge in [0.15, 0.2) is 0 Å². The highest BCUT2D eigenvalue weighted by Gasteiger charge is 2.09. The van der Waals surface area contributed by atoms with Crippen molar-refractivity contribution >= 4 is 43.2 Å². The molecule has 0 radical (unpaired) electrons. The third-order valence-corrected chi connectivity index (χ3v) is 3.76. The number of nitrogens with one attached hydrogen (secondary N) is 1. The minimum absolute atomic E-state index is 0.0437. The first kappa shape index (κ1) is 11.8. The van der Waals surface area contributed by atoms with Crippen molar-refractivity contribution < 1.29 is 8.42 Å². The Labute approximate surface area is 96.6 Å². The van der Waals surface area contributed by atoms with Crippen LogP contribution in [0.3, 0.4) is 0 Å². The molecule has 0 aliphatic rings. The molecule has 14 heavy (non-hydrogen) atoms. The number of anilines is 1. The maximum Gasteiger partial charge on any atom is 0.232 e. The molecule has 0 saturated heterocycles. The van der Waals surface area contributed by atoms with E-state index < -0.39 is 10.0 Å². The number of rotatable bonds is 3. The zero-order chi connectivity index (χ0) is 10.8. The van der Waals surface area contributed by atoms with Crippen LogP contribution in [0, 0.1) is 0 Å². The van der Waals surface area contributed by atoms with Gasteiger partial charge in [-0.3, -0.25) is 4.72 Å². The number of hydrogen-bond acceptors (Lipinski definition) is 2. The molecule has 0 unspecified atom stereocenters. The van der Waals surface area contributed by atoms with E-state index in [-0.39, 0.29) is 5.75 Å². The second-order valence-electron chi connectivity index (χ2n) is 2.63. The fourth-order valence-corrected chi connectivity index (χ4v) is 2.38. The van der Waals surface area contributed by atoms with Gasteiger partial charge in [0, 0.05) is 9.50 Å². The molecule has 0 aliphatic heterocycles. The molecule has 0 fully saturated rings. The van der Waals surface area contributed by atoms with Gasteiger partial charge in [0.2, 0.25) is 10.0 Å². The molecular weight excluding hydrogens is 290 g/mol. The van der Waals surface area contributed by atoms with Gasteiger partial charge < -0.3 is 0 Å². The van der Waals surface area contributed by atoms with E-state index in [9.17, 15) is 8.42 Å². The second-order valence-corrected chi connectivity index (χ2v) is 5.93. The zero-order valence-corrected chi connectivity index (χ0v) is 10.6. The van der Waals surface area contributed by atoms with Crippen molar-refractivity contribution in [1.82, 2.24) is 0 Å². The molecule has 0 atom stereocenters. The number of benzene rings is 1. The molecule has 0 aromatic heterocycles. The van der Waals surface area contributed by atoms with E-state index in [0.29, 0.717) is 15.2 Å². The van der Waals surface area contributed by atoms with E-state index in [1.54, 1.807) is 25.1 Å². The lowest BCUT2D eigenvalue weighted by atomic mass is 10.3. The molecule has 1 N–H and O–H groups in total. The quantitative estimate of drug-likeness (QED) is 0.932.